The van der Waals surface area contributed by atoms with Gasteiger partial charge in [-0.05, 0) is 130 Å². The molecule has 2 N–H and O–H groups in total. The van der Waals surface area contributed by atoms with Gasteiger partial charge in [0.25, 0.3) is 0 Å². The SMILES string of the molecule is CC(C)=CCC[C@](C)(O)[C@H]1CC[C@@]2(C)[C@@H]1CC[C@@H]1[C@@]3(C)CC[C@@H](O)C(C)(C)C3CC[C@]12C. The summed E-state index contributed by atoms with van der Waals surface area (Å²) in [5, 5.41) is 22.5. The van der Waals surface area contributed by atoms with Crippen molar-refractivity contribution in [2.45, 2.75) is 131 Å². The molecule has 0 aromatic heterocycles. The molecular formula is C30H52O2. The Hall–Kier alpha value is -0.340. The van der Waals surface area contributed by atoms with Crippen LogP contribution in [-0.2, 0) is 0 Å². The maximum atomic E-state index is 11.6. The largest absolute Gasteiger partial charge is 0.393 e. The third-order valence-corrected chi connectivity index (χ3v) is 12.4. The molecule has 0 aliphatic heterocycles. The molecule has 2 nitrogen and oxygen atoms in total. The average molecular weight is 445 g/mol. The number of hydrogen-bond acceptors (Lipinski definition) is 2. The molecule has 0 spiro atoms. The van der Waals surface area contributed by atoms with Gasteiger partial charge in [-0.25, -0.2) is 0 Å². The van der Waals surface area contributed by atoms with Gasteiger partial charge in [-0.2, -0.15) is 0 Å². The predicted molar refractivity (Wildman–Crippen MR) is 134 cm³/mol. The van der Waals surface area contributed by atoms with Gasteiger partial charge < -0.3 is 10.2 Å². The van der Waals surface area contributed by atoms with Crippen LogP contribution in [0.2, 0.25) is 0 Å². The second kappa shape index (κ2) is 7.84. The van der Waals surface area contributed by atoms with Gasteiger partial charge in [-0.1, -0.05) is 46.3 Å². The Morgan fingerprint density at radius 2 is 1.53 bits per heavy atom. The van der Waals surface area contributed by atoms with Crippen LogP contribution in [0.1, 0.15) is 120 Å². The average Bonchev–Trinajstić information content (AvgIpc) is 3.04. The van der Waals surface area contributed by atoms with E-state index in [2.05, 4.69) is 61.5 Å². The minimum atomic E-state index is -0.560. The summed E-state index contributed by atoms with van der Waals surface area (Å²) in [7, 11) is 0. The molecule has 0 saturated heterocycles. The minimum absolute atomic E-state index is 0.0267. The standard InChI is InChI=1S/C30H52O2/c1-20(2)10-9-16-30(8,32)22-13-18-28(6)21(22)11-12-24-27(5)17-15-25(31)26(3,4)23(27)14-19-29(24,28)7/h10,21-25,31-32H,9,11-19H2,1-8H3/t21-,22+,23?,24-,25-,27+,28+,29-,30+/m1/s1. The van der Waals surface area contributed by atoms with Crippen molar-refractivity contribution >= 4 is 0 Å². The number of aliphatic hydroxyl groups is 2. The molecule has 0 aromatic carbocycles. The molecule has 0 bridgehead atoms. The molecule has 1 unspecified atom stereocenters. The summed E-state index contributed by atoms with van der Waals surface area (Å²) in [5.41, 5.74) is 1.84. The first-order valence-corrected chi connectivity index (χ1v) is 13.7. The zero-order chi connectivity index (χ0) is 23.7. The molecule has 4 fully saturated rings. The van der Waals surface area contributed by atoms with Crippen molar-refractivity contribution in [1.29, 1.82) is 0 Å². The van der Waals surface area contributed by atoms with Crippen molar-refractivity contribution in [3.63, 3.8) is 0 Å². The van der Waals surface area contributed by atoms with E-state index in [1.807, 2.05) is 0 Å². The first-order valence-electron chi connectivity index (χ1n) is 13.7. The summed E-state index contributed by atoms with van der Waals surface area (Å²) in [6.07, 6.45) is 13.8. The highest BCUT2D eigenvalue weighted by molar-refractivity contribution is 5.18. The summed E-state index contributed by atoms with van der Waals surface area (Å²) >= 11 is 0. The zero-order valence-electron chi connectivity index (χ0n) is 22.4. The van der Waals surface area contributed by atoms with Gasteiger partial charge in [0.2, 0.25) is 0 Å². The number of hydrogen-bond donors (Lipinski definition) is 2. The van der Waals surface area contributed by atoms with Crippen LogP contribution in [-0.4, -0.2) is 21.9 Å². The number of allylic oxidation sites excluding steroid dienone is 2. The summed E-state index contributed by atoms with van der Waals surface area (Å²) < 4.78 is 0. The smallest absolute Gasteiger partial charge is 0.0653 e. The Bertz CT molecular complexity index is 746. The number of rotatable bonds is 4. The molecule has 184 valence electrons. The van der Waals surface area contributed by atoms with Crippen LogP contribution < -0.4 is 0 Å². The van der Waals surface area contributed by atoms with Crippen molar-refractivity contribution in [3.8, 4) is 0 Å². The van der Waals surface area contributed by atoms with Gasteiger partial charge in [0.15, 0.2) is 0 Å². The molecule has 32 heavy (non-hydrogen) atoms. The minimum Gasteiger partial charge on any atom is -0.393 e. The highest BCUT2D eigenvalue weighted by atomic mass is 16.3. The molecule has 2 heteroatoms. The lowest BCUT2D eigenvalue weighted by Crippen LogP contribution is -2.64. The van der Waals surface area contributed by atoms with Crippen molar-refractivity contribution in [2.75, 3.05) is 0 Å². The van der Waals surface area contributed by atoms with Gasteiger partial charge in [-0.3, -0.25) is 0 Å². The second-order valence-corrected chi connectivity index (χ2v) is 14.4. The van der Waals surface area contributed by atoms with Crippen molar-refractivity contribution in [1.82, 2.24) is 0 Å². The van der Waals surface area contributed by atoms with Crippen LogP contribution in [0.15, 0.2) is 11.6 Å². The Kier molecular flexibility index (Phi) is 6.07. The molecule has 0 heterocycles. The van der Waals surface area contributed by atoms with E-state index in [9.17, 15) is 10.2 Å². The first kappa shape index (κ1) is 24.8. The quantitative estimate of drug-likeness (QED) is 0.440. The monoisotopic (exact) mass is 444 g/mol. The highest BCUT2D eigenvalue weighted by Crippen LogP contribution is 2.75. The molecule has 0 amide bonds. The zero-order valence-corrected chi connectivity index (χ0v) is 22.4. The Labute approximate surface area is 198 Å². The summed E-state index contributed by atoms with van der Waals surface area (Å²) in [6.45, 7) is 19.0. The lowest BCUT2D eigenvalue weighted by Gasteiger charge is -2.70. The lowest BCUT2D eigenvalue weighted by molar-refractivity contribution is -0.225. The van der Waals surface area contributed by atoms with Gasteiger partial charge in [0.1, 0.15) is 0 Å². The maximum Gasteiger partial charge on any atom is 0.0653 e. The fourth-order valence-electron chi connectivity index (χ4n) is 10.3. The lowest BCUT2D eigenvalue weighted by atomic mass is 9.35. The van der Waals surface area contributed by atoms with Gasteiger partial charge in [-0.15, -0.1) is 0 Å². The molecule has 4 aliphatic carbocycles. The molecular weight excluding hydrogens is 392 g/mol. The Morgan fingerprint density at radius 3 is 2.19 bits per heavy atom. The molecule has 0 radical (unpaired) electrons. The number of fused-ring (bicyclic) bond motifs is 5. The van der Waals surface area contributed by atoms with Gasteiger partial charge in [0, 0.05) is 0 Å². The van der Waals surface area contributed by atoms with Crippen LogP contribution in [0.3, 0.4) is 0 Å². The van der Waals surface area contributed by atoms with E-state index in [-0.39, 0.29) is 11.5 Å². The van der Waals surface area contributed by atoms with Gasteiger partial charge >= 0.3 is 0 Å². The van der Waals surface area contributed by atoms with Crippen molar-refractivity contribution in [2.24, 2.45) is 45.3 Å². The van der Waals surface area contributed by atoms with Crippen LogP contribution in [0.4, 0.5) is 0 Å². The Morgan fingerprint density at radius 1 is 0.875 bits per heavy atom. The summed E-state index contributed by atoms with van der Waals surface area (Å²) in [5.74, 6) is 2.45. The fraction of sp³-hybridized carbons (Fsp3) is 0.933. The predicted octanol–water partition coefficient (Wildman–Crippen LogP) is 7.53. The van der Waals surface area contributed by atoms with Crippen LogP contribution in [0.5, 0.6) is 0 Å². The van der Waals surface area contributed by atoms with E-state index in [0.29, 0.717) is 34.0 Å². The van der Waals surface area contributed by atoms with Crippen molar-refractivity contribution in [3.05, 3.63) is 11.6 Å². The van der Waals surface area contributed by atoms with E-state index >= 15 is 0 Å². The Balaban J connectivity index is 1.61. The van der Waals surface area contributed by atoms with Crippen LogP contribution in [0.25, 0.3) is 0 Å². The van der Waals surface area contributed by atoms with E-state index in [0.717, 1.165) is 25.2 Å². The van der Waals surface area contributed by atoms with Crippen LogP contribution in [0, 0.1) is 45.3 Å². The third kappa shape index (κ3) is 3.40. The molecule has 4 saturated carbocycles. The molecule has 4 rings (SSSR count). The summed E-state index contributed by atoms with van der Waals surface area (Å²) in [4.78, 5) is 0. The highest BCUT2D eigenvalue weighted by Gasteiger charge is 2.69. The first-order chi connectivity index (χ1) is 14.7. The fourth-order valence-corrected chi connectivity index (χ4v) is 10.3. The van der Waals surface area contributed by atoms with E-state index in [1.54, 1.807) is 0 Å². The third-order valence-electron chi connectivity index (χ3n) is 12.4. The van der Waals surface area contributed by atoms with E-state index < -0.39 is 5.60 Å². The number of aliphatic hydroxyl groups excluding tert-OH is 1. The molecule has 9 atom stereocenters. The molecule has 0 aromatic rings. The van der Waals surface area contributed by atoms with Crippen molar-refractivity contribution < 1.29 is 10.2 Å². The summed E-state index contributed by atoms with van der Waals surface area (Å²) in [6, 6.07) is 0. The van der Waals surface area contributed by atoms with Gasteiger partial charge in [0.05, 0.1) is 11.7 Å². The van der Waals surface area contributed by atoms with E-state index in [1.165, 1.54) is 50.5 Å². The second-order valence-electron chi connectivity index (χ2n) is 14.4. The normalized spacial score (nSPS) is 49.4. The van der Waals surface area contributed by atoms with E-state index in [4.69, 9.17) is 0 Å². The van der Waals surface area contributed by atoms with Crippen LogP contribution >= 0.6 is 0 Å². The topological polar surface area (TPSA) is 40.5 Å². The maximum absolute atomic E-state index is 11.6. The molecule has 4 aliphatic rings.